The molecule has 1 N–H and O–H groups in total. The van der Waals surface area contributed by atoms with E-state index in [9.17, 15) is 9.18 Å². The molecule has 0 saturated heterocycles. The summed E-state index contributed by atoms with van der Waals surface area (Å²) < 4.78 is 21.1. The van der Waals surface area contributed by atoms with E-state index >= 15 is 0 Å². The van der Waals surface area contributed by atoms with Crippen molar-refractivity contribution in [3.8, 4) is 11.3 Å². The third-order valence-electron chi connectivity index (χ3n) is 4.40. The molecule has 29 heavy (non-hydrogen) atoms. The molecule has 0 aliphatic carbocycles. The Labute approximate surface area is 166 Å². The van der Waals surface area contributed by atoms with Crippen LogP contribution in [0.1, 0.15) is 27.6 Å². The van der Waals surface area contributed by atoms with Crippen LogP contribution in [0.15, 0.2) is 65.3 Å². The van der Waals surface area contributed by atoms with Gasteiger partial charge in [0.2, 0.25) is 0 Å². The molecule has 0 aliphatic rings. The number of pyridine rings is 1. The molecule has 4 rings (SSSR count). The Balaban J connectivity index is 1.65. The van der Waals surface area contributed by atoms with Crippen molar-refractivity contribution in [3.05, 3.63) is 89.5 Å². The lowest BCUT2D eigenvalue weighted by molar-refractivity contribution is 0.0943. The van der Waals surface area contributed by atoms with Crippen molar-refractivity contribution in [2.24, 2.45) is 0 Å². The molecule has 4 aromatic rings. The highest BCUT2D eigenvalue weighted by molar-refractivity contribution is 5.97. The van der Waals surface area contributed by atoms with E-state index in [2.05, 4.69) is 20.6 Å². The summed E-state index contributed by atoms with van der Waals surface area (Å²) in [7, 11) is 0. The Bertz CT molecular complexity index is 1140. The van der Waals surface area contributed by atoms with E-state index in [1.165, 1.54) is 10.7 Å². The molecule has 8 heteroatoms. The molecule has 0 bridgehead atoms. The van der Waals surface area contributed by atoms with Gasteiger partial charge < -0.3 is 9.73 Å². The summed E-state index contributed by atoms with van der Waals surface area (Å²) in [4.78, 5) is 16.8. The van der Waals surface area contributed by atoms with E-state index in [4.69, 9.17) is 4.42 Å². The maximum Gasteiger partial charge on any atom is 0.274 e. The van der Waals surface area contributed by atoms with Gasteiger partial charge in [-0.05, 0) is 37.3 Å². The van der Waals surface area contributed by atoms with Crippen LogP contribution in [-0.4, -0.2) is 25.9 Å². The fourth-order valence-electron chi connectivity index (χ4n) is 2.99. The van der Waals surface area contributed by atoms with Gasteiger partial charge in [-0.2, -0.15) is 0 Å². The Morgan fingerprint density at radius 3 is 2.66 bits per heavy atom. The number of halogens is 1. The SMILES string of the molecule is Cc1ccc(CNC(=O)c2nnn(Cc3ccccc3F)c2-c2ccncc2)o1. The quantitative estimate of drug-likeness (QED) is 0.545. The van der Waals surface area contributed by atoms with E-state index < -0.39 is 5.91 Å². The third kappa shape index (κ3) is 4.06. The number of benzene rings is 1. The molecular weight excluding hydrogens is 373 g/mol. The number of aryl methyl sites for hydroxylation is 1. The number of nitrogens with zero attached hydrogens (tertiary/aromatic N) is 4. The molecule has 1 amide bonds. The van der Waals surface area contributed by atoms with Crippen LogP contribution >= 0.6 is 0 Å². The van der Waals surface area contributed by atoms with Crippen molar-refractivity contribution < 1.29 is 13.6 Å². The topological polar surface area (TPSA) is 85.8 Å². The summed E-state index contributed by atoms with van der Waals surface area (Å²) in [5.74, 6) is 0.663. The zero-order chi connectivity index (χ0) is 20.2. The van der Waals surface area contributed by atoms with Crippen LogP contribution in [0, 0.1) is 12.7 Å². The van der Waals surface area contributed by atoms with Gasteiger partial charge in [0.15, 0.2) is 5.69 Å². The molecule has 0 aliphatic heterocycles. The highest BCUT2D eigenvalue weighted by atomic mass is 19.1. The Kier molecular flexibility index (Phi) is 5.15. The largest absolute Gasteiger partial charge is 0.465 e. The van der Waals surface area contributed by atoms with E-state index in [0.29, 0.717) is 22.6 Å². The lowest BCUT2D eigenvalue weighted by Crippen LogP contribution is -2.23. The first-order valence-corrected chi connectivity index (χ1v) is 9.02. The number of hydrogen-bond donors (Lipinski definition) is 1. The number of rotatable bonds is 6. The Hall–Kier alpha value is -3.81. The van der Waals surface area contributed by atoms with Crippen LogP contribution < -0.4 is 5.32 Å². The molecule has 3 heterocycles. The van der Waals surface area contributed by atoms with Gasteiger partial charge in [0.25, 0.3) is 5.91 Å². The summed E-state index contributed by atoms with van der Waals surface area (Å²) in [6.45, 7) is 2.20. The maximum absolute atomic E-state index is 14.1. The third-order valence-corrected chi connectivity index (χ3v) is 4.40. The van der Waals surface area contributed by atoms with Gasteiger partial charge in [0.1, 0.15) is 23.0 Å². The number of hydrogen-bond acceptors (Lipinski definition) is 5. The van der Waals surface area contributed by atoms with Gasteiger partial charge in [-0.1, -0.05) is 23.4 Å². The average molecular weight is 391 g/mol. The Morgan fingerprint density at radius 1 is 1.14 bits per heavy atom. The van der Waals surface area contributed by atoms with Crippen LogP contribution in [0.2, 0.25) is 0 Å². The zero-order valence-corrected chi connectivity index (χ0v) is 15.7. The van der Waals surface area contributed by atoms with Crippen LogP contribution in [-0.2, 0) is 13.1 Å². The molecule has 7 nitrogen and oxygen atoms in total. The second-order valence-corrected chi connectivity index (χ2v) is 6.47. The lowest BCUT2D eigenvalue weighted by atomic mass is 10.1. The minimum atomic E-state index is -0.398. The van der Waals surface area contributed by atoms with Crippen molar-refractivity contribution >= 4 is 5.91 Å². The first kappa shape index (κ1) is 18.5. The number of furan rings is 1. The molecule has 0 atom stereocenters. The van der Waals surface area contributed by atoms with Crippen molar-refractivity contribution in [1.82, 2.24) is 25.3 Å². The second-order valence-electron chi connectivity index (χ2n) is 6.47. The fourth-order valence-corrected chi connectivity index (χ4v) is 2.99. The lowest BCUT2D eigenvalue weighted by Gasteiger charge is -2.09. The summed E-state index contributed by atoms with van der Waals surface area (Å²) in [5, 5.41) is 11.0. The van der Waals surface area contributed by atoms with Crippen LogP contribution in [0.3, 0.4) is 0 Å². The number of carbonyl (C=O) groups is 1. The van der Waals surface area contributed by atoms with Crippen molar-refractivity contribution in [2.45, 2.75) is 20.0 Å². The maximum atomic E-state index is 14.1. The standard InChI is InChI=1S/C21H18FN5O2/c1-14-6-7-17(29-14)12-24-21(28)19-20(15-8-10-23-11-9-15)27(26-25-19)13-16-4-2-3-5-18(16)22/h2-11H,12-13H2,1H3,(H,24,28). The molecule has 1 aromatic carbocycles. The minimum Gasteiger partial charge on any atom is -0.465 e. The molecule has 3 aromatic heterocycles. The van der Waals surface area contributed by atoms with E-state index in [1.807, 2.05) is 13.0 Å². The van der Waals surface area contributed by atoms with Crippen molar-refractivity contribution in [2.75, 3.05) is 0 Å². The minimum absolute atomic E-state index is 0.141. The van der Waals surface area contributed by atoms with Gasteiger partial charge in [-0.25, -0.2) is 9.07 Å². The van der Waals surface area contributed by atoms with Gasteiger partial charge in [0.05, 0.1) is 13.1 Å². The van der Waals surface area contributed by atoms with E-state index in [1.54, 1.807) is 48.8 Å². The molecular formula is C21H18FN5O2. The monoisotopic (exact) mass is 391 g/mol. The van der Waals surface area contributed by atoms with E-state index in [0.717, 1.165) is 5.76 Å². The fraction of sp³-hybridized carbons (Fsp3) is 0.143. The normalized spacial score (nSPS) is 10.8. The summed E-state index contributed by atoms with van der Waals surface area (Å²) in [6, 6.07) is 13.6. The van der Waals surface area contributed by atoms with Crippen molar-refractivity contribution in [3.63, 3.8) is 0 Å². The highest BCUT2D eigenvalue weighted by Crippen LogP contribution is 2.23. The Morgan fingerprint density at radius 2 is 1.93 bits per heavy atom. The average Bonchev–Trinajstić information content (AvgIpc) is 3.35. The summed E-state index contributed by atoms with van der Waals surface area (Å²) in [6.07, 6.45) is 3.23. The molecule has 0 spiro atoms. The molecule has 0 fully saturated rings. The number of carbonyl (C=O) groups excluding carboxylic acids is 1. The van der Waals surface area contributed by atoms with Gasteiger partial charge >= 0.3 is 0 Å². The molecule has 0 unspecified atom stereocenters. The number of amides is 1. The van der Waals surface area contributed by atoms with Crippen LogP contribution in [0.5, 0.6) is 0 Å². The summed E-state index contributed by atoms with van der Waals surface area (Å²) in [5.41, 5.74) is 1.80. The highest BCUT2D eigenvalue weighted by Gasteiger charge is 2.22. The first-order valence-electron chi connectivity index (χ1n) is 9.02. The van der Waals surface area contributed by atoms with Crippen molar-refractivity contribution in [1.29, 1.82) is 0 Å². The zero-order valence-electron chi connectivity index (χ0n) is 15.7. The number of aromatic nitrogens is 4. The van der Waals surface area contributed by atoms with Gasteiger partial charge in [0, 0.05) is 23.5 Å². The smallest absolute Gasteiger partial charge is 0.274 e. The predicted molar refractivity (Wildman–Crippen MR) is 103 cm³/mol. The predicted octanol–water partition coefficient (Wildman–Crippen LogP) is 3.36. The molecule has 0 saturated carbocycles. The number of nitrogens with one attached hydrogen (secondary N) is 1. The van der Waals surface area contributed by atoms with Gasteiger partial charge in [-0.3, -0.25) is 9.78 Å². The van der Waals surface area contributed by atoms with E-state index in [-0.39, 0.29) is 24.6 Å². The van der Waals surface area contributed by atoms with Gasteiger partial charge in [-0.15, -0.1) is 5.10 Å². The first-order chi connectivity index (χ1) is 14.1. The molecule has 0 radical (unpaired) electrons. The molecule has 146 valence electrons. The summed E-state index contributed by atoms with van der Waals surface area (Å²) >= 11 is 0. The van der Waals surface area contributed by atoms with Crippen LogP contribution in [0.4, 0.5) is 4.39 Å². The second kappa shape index (κ2) is 8.05. The van der Waals surface area contributed by atoms with Crippen LogP contribution in [0.25, 0.3) is 11.3 Å².